The fraction of sp³-hybridized carbons (Fsp3) is 0.0500. The monoisotopic (exact) mass is 328 g/mol. The van der Waals surface area contributed by atoms with Crippen LogP contribution in [0.1, 0.15) is 11.1 Å². The Balaban J connectivity index is 1.63. The third kappa shape index (κ3) is 2.87. The number of fused-ring (bicyclic) bond motifs is 2. The molecule has 0 saturated carbocycles. The number of aromatic hydroxyl groups is 1. The van der Waals surface area contributed by atoms with Gasteiger partial charge in [-0.3, -0.25) is 10.4 Å². The van der Waals surface area contributed by atoms with Crippen molar-refractivity contribution in [2.24, 2.45) is 5.10 Å². The standard InChI is InChI=1S/C20H16N4O/c1-13-11-15(20(25)19-16(13)6-4-10-21-19)12-22-24-18-9-8-14-5-2-3-7-17(14)23-18/h2-12,25H,1H3,(H,23,24)/b22-12-. The molecule has 0 saturated heterocycles. The summed E-state index contributed by atoms with van der Waals surface area (Å²) in [7, 11) is 0. The molecule has 0 atom stereocenters. The lowest BCUT2D eigenvalue weighted by atomic mass is 10.0. The highest BCUT2D eigenvalue weighted by molar-refractivity contribution is 5.96. The Bertz CT molecular complexity index is 1110. The second-order valence-electron chi connectivity index (χ2n) is 5.79. The van der Waals surface area contributed by atoms with E-state index in [2.05, 4.69) is 20.5 Å². The first-order chi connectivity index (χ1) is 12.2. The van der Waals surface area contributed by atoms with Gasteiger partial charge in [-0.2, -0.15) is 5.10 Å². The molecule has 5 heteroatoms. The van der Waals surface area contributed by atoms with E-state index >= 15 is 0 Å². The second-order valence-corrected chi connectivity index (χ2v) is 5.79. The number of pyridine rings is 2. The fourth-order valence-corrected chi connectivity index (χ4v) is 2.82. The number of para-hydroxylation sites is 1. The summed E-state index contributed by atoms with van der Waals surface area (Å²) in [6.07, 6.45) is 3.24. The molecule has 2 aromatic heterocycles. The van der Waals surface area contributed by atoms with Crippen LogP contribution >= 0.6 is 0 Å². The Morgan fingerprint density at radius 3 is 2.88 bits per heavy atom. The molecule has 122 valence electrons. The van der Waals surface area contributed by atoms with E-state index in [0.717, 1.165) is 21.9 Å². The van der Waals surface area contributed by atoms with Gasteiger partial charge < -0.3 is 5.11 Å². The Morgan fingerprint density at radius 1 is 1.08 bits per heavy atom. The van der Waals surface area contributed by atoms with Crippen LogP contribution in [-0.2, 0) is 0 Å². The molecule has 4 rings (SSSR count). The number of rotatable bonds is 3. The number of phenols is 1. The van der Waals surface area contributed by atoms with Crippen molar-refractivity contribution < 1.29 is 5.11 Å². The van der Waals surface area contributed by atoms with Gasteiger partial charge in [0.05, 0.1) is 11.7 Å². The average Bonchev–Trinajstić information content (AvgIpc) is 2.65. The summed E-state index contributed by atoms with van der Waals surface area (Å²) < 4.78 is 0. The molecule has 2 aromatic carbocycles. The van der Waals surface area contributed by atoms with Crippen molar-refractivity contribution in [3.8, 4) is 5.75 Å². The molecule has 4 aromatic rings. The van der Waals surface area contributed by atoms with Crippen LogP contribution < -0.4 is 5.43 Å². The van der Waals surface area contributed by atoms with Gasteiger partial charge in [0.2, 0.25) is 0 Å². The van der Waals surface area contributed by atoms with Crippen molar-refractivity contribution in [3.63, 3.8) is 0 Å². The summed E-state index contributed by atoms with van der Waals surface area (Å²) >= 11 is 0. The third-order valence-corrected chi connectivity index (χ3v) is 4.08. The number of aromatic nitrogens is 2. The Morgan fingerprint density at radius 2 is 1.96 bits per heavy atom. The molecule has 0 amide bonds. The van der Waals surface area contributed by atoms with Crippen molar-refractivity contribution >= 4 is 33.8 Å². The predicted octanol–water partition coefficient (Wildman–Crippen LogP) is 4.24. The molecule has 0 spiro atoms. The number of benzene rings is 2. The highest BCUT2D eigenvalue weighted by atomic mass is 16.3. The zero-order valence-corrected chi connectivity index (χ0v) is 13.6. The Kier molecular flexibility index (Phi) is 3.74. The molecule has 2 N–H and O–H groups in total. The van der Waals surface area contributed by atoms with E-state index in [0.29, 0.717) is 16.9 Å². The Hall–Kier alpha value is -3.47. The largest absolute Gasteiger partial charge is 0.505 e. The van der Waals surface area contributed by atoms with Gasteiger partial charge in [0.25, 0.3) is 0 Å². The first kappa shape index (κ1) is 15.1. The lowest BCUT2D eigenvalue weighted by molar-refractivity contribution is 0.479. The smallest absolute Gasteiger partial charge is 0.150 e. The Labute approximate surface area is 144 Å². The van der Waals surface area contributed by atoms with Crippen molar-refractivity contribution in [2.45, 2.75) is 6.92 Å². The fourth-order valence-electron chi connectivity index (χ4n) is 2.82. The van der Waals surface area contributed by atoms with Crippen molar-refractivity contribution in [3.05, 3.63) is 71.9 Å². The molecule has 0 radical (unpaired) electrons. The molecule has 0 unspecified atom stereocenters. The van der Waals surface area contributed by atoms with E-state index in [9.17, 15) is 5.11 Å². The summed E-state index contributed by atoms with van der Waals surface area (Å²) in [6, 6.07) is 17.4. The molecule has 0 aliphatic heterocycles. The first-order valence-corrected chi connectivity index (χ1v) is 7.94. The van der Waals surface area contributed by atoms with Crippen molar-refractivity contribution in [2.75, 3.05) is 5.43 Å². The number of hydrogen-bond donors (Lipinski definition) is 2. The molecule has 25 heavy (non-hydrogen) atoms. The van der Waals surface area contributed by atoms with Crippen molar-refractivity contribution in [1.82, 2.24) is 9.97 Å². The molecule has 0 aliphatic rings. The van der Waals surface area contributed by atoms with Crippen LogP contribution in [0.4, 0.5) is 5.82 Å². The van der Waals surface area contributed by atoms with Gasteiger partial charge in [0.1, 0.15) is 11.3 Å². The minimum absolute atomic E-state index is 0.123. The van der Waals surface area contributed by atoms with E-state index < -0.39 is 0 Å². The molecule has 0 bridgehead atoms. The lowest BCUT2D eigenvalue weighted by Crippen LogP contribution is -1.95. The van der Waals surface area contributed by atoms with Gasteiger partial charge in [-0.15, -0.1) is 0 Å². The third-order valence-electron chi connectivity index (χ3n) is 4.08. The van der Waals surface area contributed by atoms with Crippen LogP contribution in [-0.4, -0.2) is 21.3 Å². The molecule has 5 nitrogen and oxygen atoms in total. The minimum Gasteiger partial charge on any atom is -0.505 e. The number of phenolic OH excluding ortho intramolecular Hbond substituents is 1. The maximum Gasteiger partial charge on any atom is 0.150 e. The summed E-state index contributed by atoms with van der Waals surface area (Å²) in [5.41, 5.74) is 6.02. The molecular formula is C20H16N4O. The highest BCUT2D eigenvalue weighted by Gasteiger charge is 2.08. The van der Waals surface area contributed by atoms with Gasteiger partial charge in [-0.25, -0.2) is 4.98 Å². The number of anilines is 1. The average molecular weight is 328 g/mol. The number of hydrazone groups is 1. The first-order valence-electron chi connectivity index (χ1n) is 7.94. The van der Waals surface area contributed by atoms with Gasteiger partial charge in [0, 0.05) is 22.5 Å². The zero-order chi connectivity index (χ0) is 17.2. The van der Waals surface area contributed by atoms with Gasteiger partial charge >= 0.3 is 0 Å². The maximum atomic E-state index is 10.4. The van der Waals surface area contributed by atoms with E-state index in [1.807, 2.05) is 61.5 Å². The number of aryl methyl sites for hydroxylation is 1. The maximum absolute atomic E-state index is 10.4. The van der Waals surface area contributed by atoms with Gasteiger partial charge in [-0.1, -0.05) is 24.3 Å². The summed E-state index contributed by atoms with van der Waals surface area (Å²) in [5.74, 6) is 0.767. The number of hydrogen-bond acceptors (Lipinski definition) is 5. The molecule has 0 fully saturated rings. The normalized spacial score (nSPS) is 11.4. The summed E-state index contributed by atoms with van der Waals surface area (Å²) in [6.45, 7) is 1.99. The van der Waals surface area contributed by atoms with Crippen LogP contribution in [0.2, 0.25) is 0 Å². The molecule has 0 aliphatic carbocycles. The minimum atomic E-state index is 0.123. The topological polar surface area (TPSA) is 70.4 Å². The highest BCUT2D eigenvalue weighted by Crippen LogP contribution is 2.28. The van der Waals surface area contributed by atoms with Gasteiger partial charge in [-0.05, 0) is 42.8 Å². The van der Waals surface area contributed by atoms with E-state index in [-0.39, 0.29) is 5.75 Å². The summed E-state index contributed by atoms with van der Waals surface area (Å²) in [5, 5.41) is 16.6. The molecular weight excluding hydrogens is 312 g/mol. The van der Waals surface area contributed by atoms with Crippen LogP contribution in [0.25, 0.3) is 21.8 Å². The number of nitrogens with zero attached hydrogens (tertiary/aromatic N) is 3. The van der Waals surface area contributed by atoms with Crippen molar-refractivity contribution in [1.29, 1.82) is 0 Å². The lowest BCUT2D eigenvalue weighted by Gasteiger charge is -2.07. The predicted molar refractivity (Wildman–Crippen MR) is 101 cm³/mol. The van der Waals surface area contributed by atoms with Crippen LogP contribution in [0.5, 0.6) is 5.75 Å². The van der Waals surface area contributed by atoms with E-state index in [4.69, 9.17) is 0 Å². The zero-order valence-electron chi connectivity index (χ0n) is 13.6. The van der Waals surface area contributed by atoms with Gasteiger partial charge in [0.15, 0.2) is 5.75 Å². The van der Waals surface area contributed by atoms with Crippen LogP contribution in [0.3, 0.4) is 0 Å². The van der Waals surface area contributed by atoms with Crippen LogP contribution in [0, 0.1) is 6.92 Å². The summed E-state index contributed by atoms with van der Waals surface area (Å²) in [4.78, 5) is 8.75. The second kappa shape index (κ2) is 6.20. The van der Waals surface area contributed by atoms with E-state index in [1.165, 1.54) is 0 Å². The van der Waals surface area contributed by atoms with E-state index in [1.54, 1.807) is 12.4 Å². The number of nitrogens with one attached hydrogen (secondary N) is 1. The quantitative estimate of drug-likeness (QED) is 0.436. The molecule has 2 heterocycles. The SMILES string of the molecule is Cc1cc(/C=N\Nc2ccc3ccccc3n2)c(O)c2ncccc12. The van der Waals surface area contributed by atoms with Crippen LogP contribution in [0.15, 0.2) is 65.9 Å².